The number of carbonyl (C=O) groups is 1. The molecule has 0 amide bonds. The quantitative estimate of drug-likeness (QED) is 0.491. The van der Waals surface area contributed by atoms with Crippen molar-refractivity contribution in [3.8, 4) is 0 Å². The second-order valence-electron chi connectivity index (χ2n) is 0.661. The van der Waals surface area contributed by atoms with Crippen molar-refractivity contribution in [2.24, 2.45) is 0 Å². The number of carbonyl (C=O) groups excluding carboxylic acids is 1. The summed E-state index contributed by atoms with van der Waals surface area (Å²) in [6.07, 6.45) is -0.810. The zero-order valence-electron chi connectivity index (χ0n) is 3.68. The number of ether oxygens (including phenoxy) is 2. The highest BCUT2D eigenvalue weighted by Crippen LogP contribution is 1.88. The van der Waals surface area contributed by atoms with Crippen molar-refractivity contribution in [1.29, 1.82) is 0 Å². The van der Waals surface area contributed by atoms with Gasteiger partial charge in [0.25, 0.3) is 0 Å². The second kappa shape index (κ2) is 3.74. The van der Waals surface area contributed by atoms with Gasteiger partial charge in [0, 0.05) is 0 Å². The smallest absolute Gasteiger partial charge is 0.438 e. The zero-order chi connectivity index (χ0) is 5.70. The molecular weight excluding hydrogens is 119 g/mol. The van der Waals surface area contributed by atoms with Gasteiger partial charge in [0.2, 0.25) is 6.07 Å². The molecule has 0 saturated heterocycles. The van der Waals surface area contributed by atoms with Gasteiger partial charge in [-0.1, -0.05) is 11.6 Å². The van der Waals surface area contributed by atoms with Gasteiger partial charge in [0.15, 0.2) is 0 Å². The van der Waals surface area contributed by atoms with Crippen molar-refractivity contribution < 1.29 is 14.3 Å². The summed E-state index contributed by atoms with van der Waals surface area (Å²) < 4.78 is 7.98. The van der Waals surface area contributed by atoms with Crippen molar-refractivity contribution >= 4 is 17.8 Å². The summed E-state index contributed by atoms with van der Waals surface area (Å²) in [7, 11) is 1.20. The molecule has 0 rings (SSSR count). The summed E-state index contributed by atoms with van der Waals surface area (Å²) in [5.74, 6) is 0. The first-order chi connectivity index (χ1) is 3.31. The van der Waals surface area contributed by atoms with Crippen molar-refractivity contribution in [3.05, 3.63) is 6.07 Å². The van der Waals surface area contributed by atoms with E-state index in [9.17, 15) is 4.79 Å². The van der Waals surface area contributed by atoms with E-state index < -0.39 is 6.16 Å². The number of rotatable bonds is 1. The van der Waals surface area contributed by atoms with Gasteiger partial charge in [-0.05, 0) is 0 Å². The van der Waals surface area contributed by atoms with Gasteiger partial charge in [0.05, 0.1) is 7.11 Å². The number of hydrogen-bond donors (Lipinski definition) is 0. The van der Waals surface area contributed by atoms with Crippen LogP contribution < -0.4 is 0 Å². The number of halogens is 1. The summed E-state index contributed by atoms with van der Waals surface area (Å²) >= 11 is 4.83. The van der Waals surface area contributed by atoms with Crippen molar-refractivity contribution in [2.45, 2.75) is 0 Å². The molecule has 0 aliphatic carbocycles. The van der Waals surface area contributed by atoms with Gasteiger partial charge < -0.3 is 9.47 Å². The Balaban J connectivity index is 3.00. The molecule has 1 radical (unpaired) electrons. The Bertz CT molecular complexity index is 63.2. The lowest BCUT2D eigenvalue weighted by molar-refractivity contribution is 0.100. The minimum absolute atomic E-state index is 0.728. The molecule has 7 heavy (non-hydrogen) atoms. The largest absolute Gasteiger partial charge is 0.509 e. The van der Waals surface area contributed by atoms with Gasteiger partial charge in [-0.15, -0.1) is 0 Å². The van der Waals surface area contributed by atoms with E-state index in [0.717, 1.165) is 6.07 Å². The van der Waals surface area contributed by atoms with E-state index in [1.165, 1.54) is 7.11 Å². The molecule has 0 spiro atoms. The number of methoxy groups -OCH3 is 1. The van der Waals surface area contributed by atoms with Crippen LogP contribution in [-0.4, -0.2) is 13.3 Å². The molecule has 0 atom stereocenters. The van der Waals surface area contributed by atoms with Crippen LogP contribution in [0.3, 0.4) is 0 Å². The van der Waals surface area contributed by atoms with Crippen LogP contribution in [0.5, 0.6) is 0 Å². The molecule has 0 bridgehead atoms. The van der Waals surface area contributed by atoms with Gasteiger partial charge in [-0.25, -0.2) is 4.79 Å². The molecule has 41 valence electrons. The minimum atomic E-state index is -0.810. The van der Waals surface area contributed by atoms with Gasteiger partial charge in [0.1, 0.15) is 0 Å². The second-order valence-corrected chi connectivity index (χ2v) is 0.839. The lowest BCUT2D eigenvalue weighted by Gasteiger charge is -1.92. The highest BCUT2D eigenvalue weighted by Gasteiger charge is 1.94. The van der Waals surface area contributed by atoms with Gasteiger partial charge in [-0.3, -0.25) is 0 Å². The summed E-state index contributed by atoms with van der Waals surface area (Å²) in [6.45, 7) is 0. The van der Waals surface area contributed by atoms with E-state index in [1.54, 1.807) is 0 Å². The lowest BCUT2D eigenvalue weighted by atomic mass is 11.3. The maximum atomic E-state index is 9.85. The summed E-state index contributed by atoms with van der Waals surface area (Å²) in [4.78, 5) is 9.85. The molecule has 0 aliphatic heterocycles. The average Bonchev–Trinajstić information content (AvgIpc) is 1.68. The van der Waals surface area contributed by atoms with Crippen LogP contribution in [0.25, 0.3) is 0 Å². The molecule has 0 aromatic rings. The fourth-order valence-corrected chi connectivity index (χ4v) is 0.157. The molecule has 0 unspecified atom stereocenters. The van der Waals surface area contributed by atoms with E-state index in [1.807, 2.05) is 0 Å². The Kier molecular flexibility index (Phi) is 3.50. The Morgan fingerprint density at radius 2 is 2.43 bits per heavy atom. The maximum absolute atomic E-state index is 9.85. The topological polar surface area (TPSA) is 35.5 Å². The van der Waals surface area contributed by atoms with Crippen molar-refractivity contribution in [3.63, 3.8) is 0 Å². The maximum Gasteiger partial charge on any atom is 0.509 e. The molecule has 3 nitrogen and oxygen atoms in total. The molecule has 0 fully saturated rings. The average molecular weight is 124 g/mol. The normalized spacial score (nSPS) is 7.71. The van der Waals surface area contributed by atoms with E-state index in [2.05, 4.69) is 9.47 Å². The SMILES string of the molecule is COC(=O)O[CH]Cl. The fraction of sp³-hybridized carbons (Fsp3) is 0.333. The molecule has 0 aliphatic rings. The first kappa shape index (κ1) is 6.56. The monoisotopic (exact) mass is 123 g/mol. The molecule has 0 aromatic carbocycles. The van der Waals surface area contributed by atoms with Crippen LogP contribution in [-0.2, 0) is 9.47 Å². The minimum Gasteiger partial charge on any atom is -0.438 e. The third-order valence-corrected chi connectivity index (χ3v) is 0.397. The predicted molar refractivity (Wildman–Crippen MR) is 23.6 cm³/mol. The van der Waals surface area contributed by atoms with Crippen molar-refractivity contribution in [1.82, 2.24) is 0 Å². The van der Waals surface area contributed by atoms with E-state index in [0.29, 0.717) is 0 Å². The molecular formula is C3H4ClO3. The van der Waals surface area contributed by atoms with Crippen LogP contribution >= 0.6 is 11.6 Å². The fourth-order valence-electron chi connectivity index (χ4n) is 0.0845. The van der Waals surface area contributed by atoms with Crippen LogP contribution in [0, 0.1) is 6.07 Å². The number of hydrogen-bond acceptors (Lipinski definition) is 3. The Morgan fingerprint density at radius 1 is 1.86 bits per heavy atom. The van der Waals surface area contributed by atoms with Crippen LogP contribution in [0.1, 0.15) is 0 Å². The first-order valence-electron chi connectivity index (χ1n) is 1.47. The van der Waals surface area contributed by atoms with E-state index >= 15 is 0 Å². The first-order valence-corrected chi connectivity index (χ1v) is 1.91. The lowest BCUT2D eigenvalue weighted by Crippen LogP contribution is -1.98. The Labute approximate surface area is 46.2 Å². The third-order valence-electron chi connectivity index (χ3n) is 0.307. The van der Waals surface area contributed by atoms with Gasteiger partial charge in [-0.2, -0.15) is 0 Å². The van der Waals surface area contributed by atoms with Crippen LogP contribution in [0.2, 0.25) is 0 Å². The third kappa shape index (κ3) is 3.39. The highest BCUT2D eigenvalue weighted by molar-refractivity contribution is 6.22. The standard InChI is InChI=1S/C3H4ClO3/c1-6-3(5)7-2-4/h2H,1H3. The summed E-state index contributed by atoms with van der Waals surface area (Å²) in [5.41, 5.74) is 0. The summed E-state index contributed by atoms with van der Waals surface area (Å²) in [6, 6.07) is 0.728. The molecule has 0 saturated carbocycles. The molecule has 4 heteroatoms. The Morgan fingerprint density at radius 3 is 2.57 bits per heavy atom. The van der Waals surface area contributed by atoms with Crippen molar-refractivity contribution in [2.75, 3.05) is 7.11 Å². The summed E-state index contributed by atoms with van der Waals surface area (Å²) in [5, 5.41) is 0. The Hall–Kier alpha value is -0.440. The van der Waals surface area contributed by atoms with Gasteiger partial charge >= 0.3 is 6.16 Å². The molecule has 0 heterocycles. The van der Waals surface area contributed by atoms with E-state index in [-0.39, 0.29) is 0 Å². The van der Waals surface area contributed by atoms with Crippen LogP contribution in [0.4, 0.5) is 4.79 Å². The van der Waals surface area contributed by atoms with Crippen LogP contribution in [0.15, 0.2) is 0 Å². The predicted octanol–water partition coefficient (Wildman–Crippen LogP) is 1.13. The van der Waals surface area contributed by atoms with E-state index in [4.69, 9.17) is 11.6 Å². The molecule has 0 aromatic heterocycles. The highest BCUT2D eigenvalue weighted by atomic mass is 35.5. The molecule has 0 N–H and O–H groups in total. The zero-order valence-corrected chi connectivity index (χ0v) is 4.44.